The quantitative estimate of drug-likeness (QED) is 0.754. The van der Waals surface area contributed by atoms with Gasteiger partial charge in [-0.15, -0.1) is 0 Å². The van der Waals surface area contributed by atoms with Gasteiger partial charge in [0.05, 0.1) is 10.6 Å². The summed E-state index contributed by atoms with van der Waals surface area (Å²) >= 11 is 0. The van der Waals surface area contributed by atoms with Crippen molar-refractivity contribution in [1.82, 2.24) is 5.32 Å². The number of benzene rings is 2. The Balaban J connectivity index is 2.07. The van der Waals surface area contributed by atoms with Crippen LogP contribution in [0.25, 0.3) is 0 Å². The van der Waals surface area contributed by atoms with Gasteiger partial charge in [-0.3, -0.25) is 4.79 Å². The predicted molar refractivity (Wildman–Crippen MR) is 105 cm³/mol. The fourth-order valence-electron chi connectivity index (χ4n) is 2.70. The van der Waals surface area contributed by atoms with Gasteiger partial charge in [-0.25, -0.2) is 8.42 Å². The second kappa shape index (κ2) is 8.99. The lowest BCUT2D eigenvalue weighted by Crippen LogP contribution is -2.32. The summed E-state index contributed by atoms with van der Waals surface area (Å²) in [5.74, 6) is 0.308. The molecule has 5 heteroatoms. The minimum Gasteiger partial charge on any atom is -0.350 e. The fourth-order valence-corrected chi connectivity index (χ4v) is 4.05. The SMILES string of the molecule is CC(C)CC[C@H](C)NC(=O)c1cccc(CS(=O)(=O)c2ccccc2)c1. The molecule has 2 aromatic rings. The lowest BCUT2D eigenvalue weighted by Gasteiger charge is -2.15. The van der Waals surface area contributed by atoms with Crippen molar-refractivity contribution in [2.24, 2.45) is 5.92 Å². The second-order valence-electron chi connectivity index (χ2n) is 7.12. The Hall–Kier alpha value is -2.14. The Bertz CT molecular complexity index is 829. The van der Waals surface area contributed by atoms with Crippen molar-refractivity contribution in [3.63, 3.8) is 0 Å². The normalized spacial score (nSPS) is 12.8. The minimum atomic E-state index is -3.43. The molecule has 0 unspecified atom stereocenters. The molecule has 1 amide bonds. The molecule has 26 heavy (non-hydrogen) atoms. The zero-order valence-corrected chi connectivity index (χ0v) is 16.4. The molecule has 2 rings (SSSR count). The molecule has 0 spiro atoms. The molecule has 0 aliphatic heterocycles. The van der Waals surface area contributed by atoms with Crippen LogP contribution in [-0.4, -0.2) is 20.4 Å². The average molecular weight is 374 g/mol. The molecule has 0 aliphatic rings. The first-order chi connectivity index (χ1) is 12.3. The van der Waals surface area contributed by atoms with Crippen LogP contribution in [0, 0.1) is 5.92 Å². The lowest BCUT2D eigenvalue weighted by atomic mass is 10.0. The molecule has 1 N–H and O–H groups in total. The molecule has 0 bridgehead atoms. The van der Waals surface area contributed by atoms with Crippen LogP contribution in [0.5, 0.6) is 0 Å². The number of nitrogens with one attached hydrogen (secondary N) is 1. The maximum atomic E-state index is 12.5. The van der Waals surface area contributed by atoms with E-state index in [9.17, 15) is 13.2 Å². The highest BCUT2D eigenvalue weighted by Crippen LogP contribution is 2.17. The van der Waals surface area contributed by atoms with E-state index in [1.807, 2.05) is 6.92 Å². The first-order valence-electron chi connectivity index (χ1n) is 8.95. The molecular weight excluding hydrogens is 346 g/mol. The molecule has 2 aromatic carbocycles. The van der Waals surface area contributed by atoms with E-state index >= 15 is 0 Å². The van der Waals surface area contributed by atoms with E-state index in [2.05, 4.69) is 19.2 Å². The number of hydrogen-bond donors (Lipinski definition) is 1. The van der Waals surface area contributed by atoms with Gasteiger partial charge < -0.3 is 5.32 Å². The highest BCUT2D eigenvalue weighted by molar-refractivity contribution is 7.90. The number of amides is 1. The molecular formula is C21H27NO3S. The fraction of sp³-hybridized carbons (Fsp3) is 0.381. The second-order valence-corrected chi connectivity index (χ2v) is 9.11. The number of rotatable bonds is 8. The highest BCUT2D eigenvalue weighted by Gasteiger charge is 2.16. The Morgan fingerprint density at radius 1 is 0.962 bits per heavy atom. The van der Waals surface area contributed by atoms with Crippen molar-refractivity contribution in [2.75, 3.05) is 0 Å². The number of hydrogen-bond acceptors (Lipinski definition) is 3. The van der Waals surface area contributed by atoms with Crippen LogP contribution in [-0.2, 0) is 15.6 Å². The molecule has 0 aromatic heterocycles. The Morgan fingerprint density at radius 2 is 1.65 bits per heavy atom. The van der Waals surface area contributed by atoms with E-state index < -0.39 is 9.84 Å². The van der Waals surface area contributed by atoms with Crippen molar-refractivity contribution in [2.45, 2.75) is 50.3 Å². The van der Waals surface area contributed by atoms with Crippen molar-refractivity contribution >= 4 is 15.7 Å². The van der Waals surface area contributed by atoms with Crippen LogP contribution in [0.2, 0.25) is 0 Å². The molecule has 0 heterocycles. The monoisotopic (exact) mass is 373 g/mol. The summed E-state index contributed by atoms with van der Waals surface area (Å²) in [7, 11) is -3.43. The molecule has 0 aliphatic carbocycles. The zero-order valence-electron chi connectivity index (χ0n) is 15.6. The molecule has 0 radical (unpaired) electrons. The van der Waals surface area contributed by atoms with E-state index in [0.717, 1.165) is 12.8 Å². The molecule has 4 nitrogen and oxygen atoms in total. The van der Waals surface area contributed by atoms with Crippen LogP contribution >= 0.6 is 0 Å². The Kier molecular flexibility index (Phi) is 6.98. The largest absolute Gasteiger partial charge is 0.350 e. The summed E-state index contributed by atoms with van der Waals surface area (Å²) in [4.78, 5) is 12.7. The van der Waals surface area contributed by atoms with Crippen LogP contribution in [0.15, 0.2) is 59.5 Å². The van der Waals surface area contributed by atoms with Crippen molar-refractivity contribution in [3.05, 3.63) is 65.7 Å². The summed E-state index contributed by atoms with van der Waals surface area (Å²) in [6, 6.07) is 15.3. The zero-order chi connectivity index (χ0) is 19.2. The van der Waals surface area contributed by atoms with Gasteiger partial charge in [-0.2, -0.15) is 0 Å². The third-order valence-corrected chi connectivity index (χ3v) is 5.91. The number of sulfone groups is 1. The highest BCUT2D eigenvalue weighted by atomic mass is 32.2. The van der Waals surface area contributed by atoms with E-state index in [-0.39, 0.29) is 22.6 Å². The predicted octanol–water partition coefficient (Wildman–Crippen LogP) is 4.22. The van der Waals surface area contributed by atoms with Crippen molar-refractivity contribution < 1.29 is 13.2 Å². The molecule has 0 saturated carbocycles. The van der Waals surface area contributed by atoms with E-state index in [4.69, 9.17) is 0 Å². The minimum absolute atomic E-state index is 0.0848. The van der Waals surface area contributed by atoms with E-state index in [1.165, 1.54) is 0 Å². The molecule has 140 valence electrons. The lowest BCUT2D eigenvalue weighted by molar-refractivity contribution is 0.0937. The van der Waals surface area contributed by atoms with Gasteiger partial charge >= 0.3 is 0 Å². The van der Waals surface area contributed by atoms with Gasteiger partial charge in [0.2, 0.25) is 0 Å². The maximum absolute atomic E-state index is 12.5. The summed E-state index contributed by atoms with van der Waals surface area (Å²) in [6.45, 7) is 6.31. The first kappa shape index (κ1) is 20.2. The molecule has 0 fully saturated rings. The van der Waals surface area contributed by atoms with Gasteiger partial charge in [-0.05, 0) is 55.5 Å². The number of carbonyl (C=O) groups is 1. The first-order valence-corrected chi connectivity index (χ1v) is 10.6. The van der Waals surface area contributed by atoms with Gasteiger partial charge in [-0.1, -0.05) is 44.2 Å². The Morgan fingerprint density at radius 3 is 2.31 bits per heavy atom. The van der Waals surface area contributed by atoms with Gasteiger partial charge in [0.25, 0.3) is 5.91 Å². The third-order valence-electron chi connectivity index (χ3n) is 4.20. The van der Waals surface area contributed by atoms with Crippen LogP contribution in [0.4, 0.5) is 0 Å². The van der Waals surface area contributed by atoms with Gasteiger partial charge in [0, 0.05) is 11.6 Å². The van der Waals surface area contributed by atoms with Gasteiger partial charge in [0.15, 0.2) is 9.84 Å². The van der Waals surface area contributed by atoms with Crippen molar-refractivity contribution in [1.29, 1.82) is 0 Å². The Labute approximate surface area is 156 Å². The summed E-state index contributed by atoms with van der Waals surface area (Å²) in [5, 5.41) is 2.98. The van der Waals surface area contributed by atoms with Crippen LogP contribution in [0.1, 0.15) is 49.5 Å². The molecule has 1 atom stereocenters. The third kappa shape index (κ3) is 5.99. The average Bonchev–Trinajstić information content (AvgIpc) is 2.60. The van der Waals surface area contributed by atoms with E-state index in [1.54, 1.807) is 54.6 Å². The standard InChI is InChI=1S/C21H27NO3S/c1-16(2)12-13-17(3)22-21(23)19-9-7-8-18(14-19)15-26(24,25)20-10-5-4-6-11-20/h4-11,14,16-17H,12-13,15H2,1-3H3,(H,22,23)/t17-/m0/s1. The van der Waals surface area contributed by atoms with E-state index in [0.29, 0.717) is 17.0 Å². The van der Waals surface area contributed by atoms with Gasteiger partial charge in [0.1, 0.15) is 0 Å². The maximum Gasteiger partial charge on any atom is 0.251 e. The van der Waals surface area contributed by atoms with Crippen LogP contribution in [0.3, 0.4) is 0 Å². The van der Waals surface area contributed by atoms with Crippen LogP contribution < -0.4 is 5.32 Å². The molecule has 0 saturated heterocycles. The smallest absolute Gasteiger partial charge is 0.251 e. The summed E-state index contributed by atoms with van der Waals surface area (Å²) in [5.41, 5.74) is 1.10. The summed E-state index contributed by atoms with van der Waals surface area (Å²) in [6.07, 6.45) is 1.97. The topological polar surface area (TPSA) is 63.2 Å². The van der Waals surface area contributed by atoms with Crippen molar-refractivity contribution in [3.8, 4) is 0 Å². The number of carbonyl (C=O) groups excluding carboxylic acids is 1. The summed E-state index contributed by atoms with van der Waals surface area (Å²) < 4.78 is 25.0.